The molecule has 1 amide bonds. The molecule has 0 spiro atoms. The monoisotopic (exact) mass is 407 g/mol. The predicted molar refractivity (Wildman–Crippen MR) is 108 cm³/mol. The first kappa shape index (κ1) is 20.8. The summed E-state index contributed by atoms with van der Waals surface area (Å²) < 4.78 is 15.3. The number of amides is 1. The Morgan fingerprint density at radius 3 is 2.75 bits per heavy atom. The Kier molecular flexibility index (Phi) is 7.04. The molecule has 1 aromatic heterocycles. The number of rotatable bonds is 4. The van der Waals surface area contributed by atoms with E-state index in [4.69, 9.17) is 0 Å². The Labute approximate surface area is 171 Å². The van der Waals surface area contributed by atoms with Crippen molar-refractivity contribution in [2.24, 2.45) is 0 Å². The van der Waals surface area contributed by atoms with Crippen LogP contribution in [0.25, 0.3) is 0 Å². The van der Waals surface area contributed by atoms with Crippen molar-refractivity contribution >= 4 is 18.3 Å². The van der Waals surface area contributed by atoms with E-state index >= 15 is 0 Å². The minimum absolute atomic E-state index is 0. The Morgan fingerprint density at radius 2 is 2.04 bits per heavy atom. The second-order valence-corrected chi connectivity index (χ2v) is 7.38. The number of hydrogen-bond donors (Lipinski definition) is 1. The van der Waals surface area contributed by atoms with E-state index in [0.29, 0.717) is 31.4 Å². The van der Waals surface area contributed by atoms with Crippen LogP contribution in [0.3, 0.4) is 0 Å². The maximum absolute atomic E-state index is 13.3. The molecule has 1 unspecified atom stereocenters. The summed E-state index contributed by atoms with van der Waals surface area (Å²) in [7, 11) is 0. The van der Waals surface area contributed by atoms with Crippen LogP contribution in [0.15, 0.2) is 36.5 Å². The van der Waals surface area contributed by atoms with Gasteiger partial charge in [0.2, 0.25) is 0 Å². The minimum Gasteiger partial charge on any atom is -0.335 e. The van der Waals surface area contributed by atoms with E-state index in [1.165, 1.54) is 6.07 Å². The van der Waals surface area contributed by atoms with Crippen LogP contribution in [0.5, 0.6) is 0 Å². The zero-order chi connectivity index (χ0) is 18.6. The van der Waals surface area contributed by atoms with Gasteiger partial charge in [-0.1, -0.05) is 12.1 Å². The van der Waals surface area contributed by atoms with Crippen molar-refractivity contribution < 1.29 is 9.18 Å². The molecule has 2 fully saturated rings. The van der Waals surface area contributed by atoms with Crippen molar-refractivity contribution in [2.75, 3.05) is 39.3 Å². The zero-order valence-electron chi connectivity index (χ0n) is 15.9. The van der Waals surface area contributed by atoms with Crippen LogP contribution in [0.2, 0.25) is 0 Å². The molecule has 8 heteroatoms. The molecule has 152 valence electrons. The van der Waals surface area contributed by atoms with E-state index in [1.807, 2.05) is 27.9 Å². The van der Waals surface area contributed by atoms with Gasteiger partial charge in [-0.3, -0.25) is 14.4 Å². The maximum Gasteiger partial charge on any atom is 0.274 e. The lowest BCUT2D eigenvalue weighted by Gasteiger charge is -2.34. The summed E-state index contributed by atoms with van der Waals surface area (Å²) in [6, 6.07) is 8.88. The van der Waals surface area contributed by atoms with Crippen LogP contribution in [0.4, 0.5) is 4.39 Å². The molecule has 2 aliphatic rings. The van der Waals surface area contributed by atoms with Gasteiger partial charge in [0.05, 0.1) is 6.04 Å². The third-order valence-corrected chi connectivity index (χ3v) is 5.43. The number of piperazine rings is 1. The Morgan fingerprint density at radius 1 is 1.21 bits per heavy atom. The summed E-state index contributed by atoms with van der Waals surface area (Å²) in [5.41, 5.74) is 1.49. The van der Waals surface area contributed by atoms with Crippen molar-refractivity contribution in [1.29, 1.82) is 0 Å². The summed E-state index contributed by atoms with van der Waals surface area (Å²) in [5.74, 6) is -0.201. The molecule has 1 atom stereocenters. The number of carbonyl (C=O) groups is 1. The number of benzene rings is 1. The standard InChI is InChI=1S/C20H26FN5O.ClH/c21-17-4-1-3-16(13-17)15-24-9-11-25(12-10-24)20(27)19-6-8-26(23-19)18-5-2-7-22-14-18;/h1,3-4,6,8,13,18,22H,2,5,7,9-12,14-15H2;1H. The maximum atomic E-state index is 13.3. The predicted octanol–water partition coefficient (Wildman–Crippen LogP) is 2.33. The van der Waals surface area contributed by atoms with Gasteiger partial charge in [0.1, 0.15) is 11.5 Å². The van der Waals surface area contributed by atoms with Gasteiger partial charge in [-0.15, -0.1) is 12.4 Å². The topological polar surface area (TPSA) is 53.4 Å². The second-order valence-electron chi connectivity index (χ2n) is 7.38. The number of nitrogens with one attached hydrogen (secondary N) is 1. The summed E-state index contributed by atoms with van der Waals surface area (Å²) in [5, 5.41) is 7.91. The summed E-state index contributed by atoms with van der Waals surface area (Å²) in [6.45, 7) is 5.60. The second kappa shape index (κ2) is 9.49. The van der Waals surface area contributed by atoms with Gasteiger partial charge in [0.15, 0.2) is 0 Å². The van der Waals surface area contributed by atoms with E-state index in [2.05, 4.69) is 15.3 Å². The van der Waals surface area contributed by atoms with E-state index < -0.39 is 0 Å². The molecule has 0 saturated carbocycles. The molecule has 0 radical (unpaired) electrons. The smallest absolute Gasteiger partial charge is 0.274 e. The van der Waals surface area contributed by atoms with E-state index in [-0.39, 0.29) is 24.1 Å². The molecular weight excluding hydrogens is 381 g/mol. The van der Waals surface area contributed by atoms with Gasteiger partial charge in [-0.2, -0.15) is 5.10 Å². The third-order valence-electron chi connectivity index (χ3n) is 5.43. The van der Waals surface area contributed by atoms with Crippen LogP contribution in [0.1, 0.15) is 34.9 Å². The summed E-state index contributed by atoms with van der Waals surface area (Å²) in [4.78, 5) is 16.9. The van der Waals surface area contributed by atoms with Crippen molar-refractivity contribution in [3.8, 4) is 0 Å². The molecule has 0 bridgehead atoms. The Hall–Kier alpha value is -1.96. The SMILES string of the molecule is Cl.O=C(c1ccn(C2CCCNC2)n1)N1CCN(Cc2cccc(F)c2)CC1. The summed E-state index contributed by atoms with van der Waals surface area (Å²) >= 11 is 0. The van der Waals surface area contributed by atoms with Crippen LogP contribution < -0.4 is 5.32 Å². The van der Waals surface area contributed by atoms with Crippen molar-refractivity contribution in [2.45, 2.75) is 25.4 Å². The first-order valence-corrected chi connectivity index (χ1v) is 9.71. The minimum atomic E-state index is -0.204. The van der Waals surface area contributed by atoms with Crippen LogP contribution >= 0.6 is 12.4 Å². The Bertz CT molecular complexity index is 784. The van der Waals surface area contributed by atoms with Crippen LogP contribution in [0, 0.1) is 5.82 Å². The number of halogens is 2. The fourth-order valence-electron chi connectivity index (χ4n) is 3.88. The number of piperidine rings is 1. The highest BCUT2D eigenvalue weighted by Gasteiger charge is 2.25. The van der Waals surface area contributed by atoms with Crippen LogP contribution in [-0.2, 0) is 6.54 Å². The average molecular weight is 408 g/mol. The molecule has 6 nitrogen and oxygen atoms in total. The fraction of sp³-hybridized carbons (Fsp3) is 0.500. The third kappa shape index (κ3) is 4.90. The molecule has 1 N–H and O–H groups in total. The lowest BCUT2D eigenvalue weighted by Crippen LogP contribution is -2.48. The molecule has 4 rings (SSSR count). The van der Waals surface area contributed by atoms with Crippen molar-refractivity contribution in [1.82, 2.24) is 24.9 Å². The number of carbonyl (C=O) groups excluding carboxylic acids is 1. The molecule has 0 aliphatic carbocycles. The van der Waals surface area contributed by atoms with Gasteiger partial charge >= 0.3 is 0 Å². The average Bonchev–Trinajstić information content (AvgIpc) is 3.19. The number of hydrogen-bond acceptors (Lipinski definition) is 4. The molecule has 2 aromatic rings. The van der Waals surface area contributed by atoms with E-state index in [1.54, 1.807) is 12.1 Å². The first-order valence-electron chi connectivity index (χ1n) is 9.71. The van der Waals surface area contributed by atoms with Gasteiger partial charge in [-0.25, -0.2) is 4.39 Å². The molecule has 2 aliphatic heterocycles. The highest BCUT2D eigenvalue weighted by molar-refractivity contribution is 5.92. The molecule has 3 heterocycles. The first-order chi connectivity index (χ1) is 13.2. The zero-order valence-corrected chi connectivity index (χ0v) is 16.7. The number of nitrogens with zero attached hydrogens (tertiary/aromatic N) is 4. The van der Waals surface area contributed by atoms with Gasteiger partial charge in [0, 0.05) is 45.5 Å². The lowest BCUT2D eigenvalue weighted by molar-refractivity contribution is 0.0621. The fourth-order valence-corrected chi connectivity index (χ4v) is 3.88. The largest absolute Gasteiger partial charge is 0.335 e. The normalized spacial score (nSPS) is 20.6. The quantitative estimate of drug-likeness (QED) is 0.845. The van der Waals surface area contributed by atoms with E-state index in [9.17, 15) is 9.18 Å². The van der Waals surface area contributed by atoms with Gasteiger partial charge < -0.3 is 10.2 Å². The molecular formula is C20H27ClFN5O. The van der Waals surface area contributed by atoms with Gasteiger partial charge in [0.25, 0.3) is 5.91 Å². The molecule has 1 aromatic carbocycles. The number of aromatic nitrogens is 2. The Balaban J connectivity index is 0.00000225. The lowest BCUT2D eigenvalue weighted by atomic mass is 10.1. The van der Waals surface area contributed by atoms with E-state index in [0.717, 1.165) is 44.6 Å². The molecule has 2 saturated heterocycles. The van der Waals surface area contributed by atoms with Gasteiger partial charge in [-0.05, 0) is 43.1 Å². The molecule has 28 heavy (non-hydrogen) atoms. The van der Waals surface area contributed by atoms with Crippen molar-refractivity contribution in [3.05, 3.63) is 53.6 Å². The highest BCUT2D eigenvalue weighted by atomic mass is 35.5. The van der Waals surface area contributed by atoms with Crippen molar-refractivity contribution in [3.63, 3.8) is 0 Å². The highest BCUT2D eigenvalue weighted by Crippen LogP contribution is 2.17. The summed E-state index contributed by atoms with van der Waals surface area (Å²) in [6.07, 6.45) is 4.16. The van der Waals surface area contributed by atoms with Crippen LogP contribution in [-0.4, -0.2) is 64.8 Å².